The van der Waals surface area contributed by atoms with Crippen molar-refractivity contribution in [1.29, 1.82) is 0 Å². The van der Waals surface area contributed by atoms with Crippen LogP contribution in [0.2, 0.25) is 0 Å². The maximum atomic E-state index is 4.50. The monoisotopic (exact) mass is 186 g/mol. The number of aliphatic imine (C=N–C) groups is 1. The zero-order chi connectivity index (χ0) is 9.56. The van der Waals surface area contributed by atoms with Gasteiger partial charge in [-0.1, -0.05) is 0 Å². The van der Waals surface area contributed by atoms with Crippen molar-refractivity contribution in [2.75, 3.05) is 13.1 Å². The molecule has 0 rings (SSSR count). The molecule has 0 spiro atoms. The Kier molecular flexibility index (Phi) is 6.17. The van der Waals surface area contributed by atoms with Crippen LogP contribution < -0.4 is 0 Å². The first kappa shape index (κ1) is 11.8. The second-order valence-corrected chi connectivity index (χ2v) is 3.58. The molecule has 0 saturated carbocycles. The van der Waals surface area contributed by atoms with E-state index in [1.54, 1.807) is 0 Å². The van der Waals surface area contributed by atoms with Gasteiger partial charge in [-0.25, -0.2) is 4.99 Å². The van der Waals surface area contributed by atoms with Gasteiger partial charge in [-0.15, -0.1) is 0 Å². The van der Waals surface area contributed by atoms with E-state index in [1.165, 1.54) is 0 Å². The van der Waals surface area contributed by atoms with Gasteiger partial charge in [0.15, 0.2) is 0 Å². The van der Waals surface area contributed by atoms with Crippen LogP contribution in [0.3, 0.4) is 0 Å². The van der Waals surface area contributed by atoms with Crippen molar-refractivity contribution in [3.63, 3.8) is 0 Å². The van der Waals surface area contributed by atoms with Gasteiger partial charge in [0.2, 0.25) is 0 Å². The zero-order valence-electron chi connectivity index (χ0n) is 8.37. The van der Waals surface area contributed by atoms with E-state index in [9.17, 15) is 0 Å². The lowest BCUT2D eigenvalue weighted by molar-refractivity contribution is 0.181. The van der Waals surface area contributed by atoms with E-state index in [1.807, 2.05) is 0 Å². The first-order chi connectivity index (χ1) is 5.59. The summed E-state index contributed by atoms with van der Waals surface area (Å²) < 4.78 is 0. The third kappa shape index (κ3) is 4.60. The summed E-state index contributed by atoms with van der Waals surface area (Å²) in [5.74, 6) is 0. The lowest BCUT2D eigenvalue weighted by atomic mass is 10.2. The van der Waals surface area contributed by atoms with Crippen LogP contribution in [0.5, 0.6) is 0 Å². The van der Waals surface area contributed by atoms with Gasteiger partial charge >= 0.3 is 0 Å². The molecule has 0 aromatic carbocycles. The van der Waals surface area contributed by atoms with Crippen LogP contribution in [0, 0.1) is 0 Å². The SMILES string of the molecule is CC(C)N(CCN=C=S)C(C)C. The van der Waals surface area contributed by atoms with Crippen molar-refractivity contribution in [3.05, 3.63) is 0 Å². The predicted molar refractivity (Wildman–Crippen MR) is 56.9 cm³/mol. The van der Waals surface area contributed by atoms with Crippen LogP contribution in [0.1, 0.15) is 27.7 Å². The highest BCUT2D eigenvalue weighted by Gasteiger charge is 2.11. The molecule has 70 valence electrons. The van der Waals surface area contributed by atoms with Crippen LogP contribution in [0.25, 0.3) is 0 Å². The van der Waals surface area contributed by atoms with Gasteiger partial charge in [-0.3, -0.25) is 4.90 Å². The zero-order valence-corrected chi connectivity index (χ0v) is 9.19. The van der Waals surface area contributed by atoms with E-state index in [-0.39, 0.29) is 0 Å². The molecule has 0 radical (unpaired) electrons. The van der Waals surface area contributed by atoms with Gasteiger partial charge in [0.1, 0.15) is 0 Å². The average molecular weight is 186 g/mol. The average Bonchev–Trinajstić information content (AvgIpc) is 1.96. The van der Waals surface area contributed by atoms with Gasteiger partial charge in [0.25, 0.3) is 0 Å². The topological polar surface area (TPSA) is 15.6 Å². The van der Waals surface area contributed by atoms with E-state index in [4.69, 9.17) is 0 Å². The Labute approximate surface area is 80.7 Å². The van der Waals surface area contributed by atoms with Gasteiger partial charge in [0, 0.05) is 18.6 Å². The van der Waals surface area contributed by atoms with Crippen molar-refractivity contribution < 1.29 is 0 Å². The Bertz CT molecular complexity index is 152. The molecule has 0 aliphatic rings. The fourth-order valence-electron chi connectivity index (χ4n) is 1.32. The molecule has 0 aliphatic carbocycles. The van der Waals surface area contributed by atoms with E-state index in [2.05, 4.69) is 55.0 Å². The smallest absolute Gasteiger partial charge is 0.0620 e. The van der Waals surface area contributed by atoms with E-state index in [0.717, 1.165) is 13.1 Å². The summed E-state index contributed by atoms with van der Waals surface area (Å²) in [6.45, 7) is 10.5. The first-order valence-corrected chi connectivity index (χ1v) is 4.79. The first-order valence-electron chi connectivity index (χ1n) is 4.39. The molecule has 0 bridgehead atoms. The number of hydrogen-bond donors (Lipinski definition) is 0. The molecule has 0 heterocycles. The van der Waals surface area contributed by atoms with Crippen LogP contribution in [-0.2, 0) is 0 Å². The predicted octanol–water partition coefficient (Wildman–Crippen LogP) is 2.21. The van der Waals surface area contributed by atoms with Crippen LogP contribution in [0.15, 0.2) is 4.99 Å². The molecule has 0 unspecified atom stereocenters. The molecule has 2 nitrogen and oxygen atoms in total. The Hall–Kier alpha value is -0.240. The molecule has 12 heavy (non-hydrogen) atoms. The molecule has 0 aromatic rings. The molecular formula is C9H18N2S. The molecule has 0 aliphatic heterocycles. The fourth-order valence-corrected chi connectivity index (χ4v) is 1.42. The van der Waals surface area contributed by atoms with Gasteiger partial charge in [-0.05, 0) is 39.9 Å². The minimum Gasteiger partial charge on any atom is -0.297 e. The molecule has 3 heteroatoms. The summed E-state index contributed by atoms with van der Waals surface area (Å²) in [4.78, 5) is 6.28. The van der Waals surface area contributed by atoms with E-state index >= 15 is 0 Å². The molecule has 0 amide bonds. The second kappa shape index (κ2) is 6.30. The summed E-state index contributed by atoms with van der Waals surface area (Å²) in [5, 5.41) is 2.38. The van der Waals surface area contributed by atoms with E-state index in [0.29, 0.717) is 12.1 Å². The highest BCUT2D eigenvalue weighted by Crippen LogP contribution is 2.03. The van der Waals surface area contributed by atoms with Gasteiger partial charge in [-0.2, -0.15) is 0 Å². The highest BCUT2D eigenvalue weighted by atomic mass is 32.1. The molecule has 0 fully saturated rings. The van der Waals surface area contributed by atoms with Crippen molar-refractivity contribution in [1.82, 2.24) is 4.90 Å². The quantitative estimate of drug-likeness (QED) is 0.483. The third-order valence-corrected chi connectivity index (χ3v) is 1.99. The Morgan fingerprint density at radius 2 is 1.75 bits per heavy atom. The molecule has 0 aromatic heterocycles. The fraction of sp³-hybridized carbons (Fsp3) is 0.889. The van der Waals surface area contributed by atoms with Gasteiger partial charge in [0.05, 0.1) is 11.7 Å². The summed E-state index contributed by atoms with van der Waals surface area (Å²) in [5.41, 5.74) is 0. The maximum Gasteiger partial charge on any atom is 0.0620 e. The van der Waals surface area contributed by atoms with Crippen molar-refractivity contribution in [3.8, 4) is 0 Å². The molecular weight excluding hydrogens is 168 g/mol. The summed E-state index contributed by atoms with van der Waals surface area (Å²) in [7, 11) is 0. The van der Waals surface area contributed by atoms with Crippen LogP contribution >= 0.6 is 12.2 Å². The Morgan fingerprint density at radius 3 is 2.08 bits per heavy atom. The number of hydrogen-bond acceptors (Lipinski definition) is 3. The second-order valence-electron chi connectivity index (χ2n) is 3.40. The maximum absolute atomic E-state index is 4.50. The molecule has 0 atom stereocenters. The minimum absolute atomic E-state index is 0.574. The summed E-state index contributed by atoms with van der Waals surface area (Å²) >= 11 is 4.50. The van der Waals surface area contributed by atoms with E-state index < -0.39 is 0 Å². The van der Waals surface area contributed by atoms with Crippen LogP contribution in [0.4, 0.5) is 0 Å². The third-order valence-electron chi connectivity index (χ3n) is 1.86. The minimum atomic E-state index is 0.574. The van der Waals surface area contributed by atoms with Gasteiger partial charge < -0.3 is 0 Å². The summed E-state index contributed by atoms with van der Waals surface area (Å²) in [6.07, 6.45) is 0. The lowest BCUT2D eigenvalue weighted by Gasteiger charge is -2.29. The molecule has 0 N–H and O–H groups in total. The molecule has 0 saturated heterocycles. The number of thiocarbonyl (C=S) groups is 1. The summed E-state index contributed by atoms with van der Waals surface area (Å²) in [6, 6.07) is 1.15. The standard InChI is InChI=1S/C9H18N2S/c1-8(2)11(9(3)4)6-5-10-7-12/h8-9H,5-6H2,1-4H3. The normalized spacial score (nSPS) is 10.9. The largest absolute Gasteiger partial charge is 0.297 e. The van der Waals surface area contributed by atoms with Crippen molar-refractivity contribution in [2.24, 2.45) is 4.99 Å². The number of nitrogens with zero attached hydrogens (tertiary/aromatic N) is 2. The number of isothiocyanates is 1. The Morgan fingerprint density at radius 1 is 1.25 bits per heavy atom. The van der Waals surface area contributed by atoms with Crippen molar-refractivity contribution in [2.45, 2.75) is 39.8 Å². The lowest BCUT2D eigenvalue weighted by Crippen LogP contribution is -2.38. The van der Waals surface area contributed by atoms with Crippen molar-refractivity contribution >= 4 is 17.4 Å². The highest BCUT2D eigenvalue weighted by molar-refractivity contribution is 7.78. The Balaban J connectivity index is 3.87. The number of rotatable bonds is 5. The van der Waals surface area contributed by atoms with Crippen LogP contribution in [-0.4, -0.2) is 35.2 Å².